The summed E-state index contributed by atoms with van der Waals surface area (Å²) in [5, 5.41) is 5.36. The number of hydrogen-bond acceptors (Lipinski definition) is 2. The molecule has 1 heterocycles. The minimum atomic E-state index is -0.212. The molecule has 2 aromatic rings. The van der Waals surface area contributed by atoms with Crippen LogP contribution in [0.15, 0.2) is 33.8 Å². The normalized spacial score (nSPS) is 10.8. The van der Waals surface area contributed by atoms with Gasteiger partial charge in [0.05, 0.1) is 10.7 Å². The van der Waals surface area contributed by atoms with Crippen LogP contribution < -0.4 is 0 Å². The van der Waals surface area contributed by atoms with E-state index in [-0.39, 0.29) is 5.82 Å². The summed E-state index contributed by atoms with van der Waals surface area (Å²) in [6.07, 6.45) is 0. The summed E-state index contributed by atoms with van der Waals surface area (Å²) in [6, 6.07) is 6.97. The van der Waals surface area contributed by atoms with Gasteiger partial charge >= 0.3 is 0 Å². The van der Waals surface area contributed by atoms with E-state index in [1.165, 1.54) is 6.07 Å². The standard InChI is InChI=1S/C12H12BrFN2S/c1-8-3-12(16(2)15-8)17-7-9-4-10(13)6-11(14)5-9/h3-6H,7H2,1-2H3. The van der Waals surface area contributed by atoms with Crippen LogP contribution >= 0.6 is 27.7 Å². The van der Waals surface area contributed by atoms with Crippen molar-refractivity contribution in [2.45, 2.75) is 17.7 Å². The Labute approximate surface area is 112 Å². The zero-order valence-electron chi connectivity index (χ0n) is 9.58. The summed E-state index contributed by atoms with van der Waals surface area (Å²) < 4.78 is 15.8. The summed E-state index contributed by atoms with van der Waals surface area (Å²) in [5.74, 6) is 0.520. The van der Waals surface area contributed by atoms with Crippen molar-refractivity contribution < 1.29 is 4.39 Å². The molecule has 0 fully saturated rings. The molecule has 0 bridgehead atoms. The molecule has 0 unspecified atom stereocenters. The van der Waals surface area contributed by atoms with Gasteiger partial charge < -0.3 is 0 Å². The molecule has 0 aliphatic rings. The van der Waals surface area contributed by atoms with Gasteiger partial charge in [0.2, 0.25) is 0 Å². The van der Waals surface area contributed by atoms with E-state index in [4.69, 9.17) is 0 Å². The number of nitrogens with zero attached hydrogens (tertiary/aromatic N) is 2. The van der Waals surface area contributed by atoms with E-state index < -0.39 is 0 Å². The van der Waals surface area contributed by atoms with Gasteiger partial charge in [-0.15, -0.1) is 11.8 Å². The lowest BCUT2D eigenvalue weighted by atomic mass is 10.2. The van der Waals surface area contributed by atoms with Crippen molar-refractivity contribution >= 4 is 27.7 Å². The molecule has 90 valence electrons. The van der Waals surface area contributed by atoms with Crippen molar-refractivity contribution in [1.82, 2.24) is 9.78 Å². The molecule has 0 atom stereocenters. The minimum absolute atomic E-state index is 0.212. The highest BCUT2D eigenvalue weighted by Gasteiger charge is 2.04. The third-order valence-corrected chi connectivity index (χ3v) is 3.88. The Morgan fingerprint density at radius 3 is 2.71 bits per heavy atom. The first-order chi connectivity index (χ1) is 8.04. The van der Waals surface area contributed by atoms with Crippen LogP contribution in [0, 0.1) is 12.7 Å². The molecule has 1 aromatic heterocycles. The van der Waals surface area contributed by atoms with E-state index in [0.29, 0.717) is 0 Å². The van der Waals surface area contributed by atoms with Crippen LogP contribution in [0.3, 0.4) is 0 Å². The van der Waals surface area contributed by atoms with Crippen LogP contribution in [-0.4, -0.2) is 9.78 Å². The topological polar surface area (TPSA) is 17.8 Å². The first kappa shape index (κ1) is 12.6. The van der Waals surface area contributed by atoms with Gasteiger partial charge in [0.15, 0.2) is 0 Å². The van der Waals surface area contributed by atoms with Crippen molar-refractivity contribution in [1.29, 1.82) is 0 Å². The lowest BCUT2D eigenvalue weighted by molar-refractivity contribution is 0.625. The molecule has 2 rings (SSSR count). The Morgan fingerprint density at radius 1 is 1.35 bits per heavy atom. The fraction of sp³-hybridized carbons (Fsp3) is 0.250. The lowest BCUT2D eigenvalue weighted by Crippen LogP contribution is -1.93. The second kappa shape index (κ2) is 5.23. The number of hydrogen-bond donors (Lipinski definition) is 0. The van der Waals surface area contributed by atoms with Crippen molar-refractivity contribution in [3.63, 3.8) is 0 Å². The van der Waals surface area contributed by atoms with Gasteiger partial charge in [0.25, 0.3) is 0 Å². The van der Waals surface area contributed by atoms with Crippen LogP contribution in [-0.2, 0) is 12.8 Å². The van der Waals surface area contributed by atoms with Gasteiger partial charge in [-0.1, -0.05) is 15.9 Å². The molecule has 1 aromatic carbocycles. The Balaban J connectivity index is 2.09. The zero-order valence-corrected chi connectivity index (χ0v) is 12.0. The highest BCUT2D eigenvalue weighted by atomic mass is 79.9. The van der Waals surface area contributed by atoms with Crippen LogP contribution in [0.5, 0.6) is 0 Å². The maximum atomic E-state index is 13.2. The van der Waals surface area contributed by atoms with Gasteiger partial charge in [-0.25, -0.2) is 4.39 Å². The van der Waals surface area contributed by atoms with E-state index in [0.717, 1.165) is 26.5 Å². The SMILES string of the molecule is Cc1cc(SCc2cc(F)cc(Br)c2)n(C)n1. The summed E-state index contributed by atoms with van der Waals surface area (Å²) in [5.41, 5.74) is 1.95. The summed E-state index contributed by atoms with van der Waals surface area (Å²) >= 11 is 4.94. The van der Waals surface area contributed by atoms with Crippen LogP contribution in [0.2, 0.25) is 0 Å². The summed E-state index contributed by atoms with van der Waals surface area (Å²) in [7, 11) is 1.91. The Morgan fingerprint density at radius 2 is 2.12 bits per heavy atom. The van der Waals surface area contributed by atoms with Crippen molar-refractivity contribution in [2.75, 3.05) is 0 Å². The molecule has 0 aliphatic carbocycles. The smallest absolute Gasteiger partial charge is 0.124 e. The third-order valence-electron chi connectivity index (χ3n) is 2.27. The van der Waals surface area contributed by atoms with Crippen LogP contribution in [0.1, 0.15) is 11.3 Å². The highest BCUT2D eigenvalue weighted by Crippen LogP contribution is 2.25. The van der Waals surface area contributed by atoms with E-state index >= 15 is 0 Å². The summed E-state index contributed by atoms with van der Waals surface area (Å²) in [6.45, 7) is 1.96. The highest BCUT2D eigenvalue weighted by molar-refractivity contribution is 9.10. The Bertz CT molecular complexity index is 519. The molecule has 0 saturated heterocycles. The molecule has 0 amide bonds. The summed E-state index contributed by atoms with van der Waals surface area (Å²) in [4.78, 5) is 0. The quantitative estimate of drug-likeness (QED) is 0.799. The van der Waals surface area contributed by atoms with Crippen molar-refractivity contribution in [3.8, 4) is 0 Å². The average Bonchev–Trinajstić information content (AvgIpc) is 2.53. The van der Waals surface area contributed by atoms with Crippen molar-refractivity contribution in [3.05, 3.63) is 45.8 Å². The maximum absolute atomic E-state index is 13.2. The number of aryl methyl sites for hydroxylation is 2. The van der Waals surface area contributed by atoms with Crippen LogP contribution in [0.4, 0.5) is 4.39 Å². The molecule has 0 spiro atoms. The molecule has 0 aliphatic heterocycles. The Kier molecular flexibility index (Phi) is 3.89. The molecule has 5 heteroatoms. The van der Waals surface area contributed by atoms with E-state index in [9.17, 15) is 4.39 Å². The fourth-order valence-electron chi connectivity index (χ4n) is 1.57. The molecule has 0 N–H and O–H groups in total. The van der Waals surface area contributed by atoms with Gasteiger partial charge in [0, 0.05) is 17.3 Å². The van der Waals surface area contributed by atoms with E-state index in [1.807, 2.05) is 30.8 Å². The number of halogens is 2. The van der Waals surface area contributed by atoms with E-state index in [2.05, 4.69) is 21.0 Å². The number of benzene rings is 1. The predicted molar refractivity (Wildman–Crippen MR) is 71.6 cm³/mol. The molecule has 0 saturated carbocycles. The first-order valence-corrected chi connectivity index (χ1v) is 6.91. The Hall–Kier alpha value is -0.810. The number of thioether (sulfide) groups is 1. The molecular formula is C12H12BrFN2S. The largest absolute Gasteiger partial charge is 0.262 e. The zero-order chi connectivity index (χ0) is 12.4. The minimum Gasteiger partial charge on any atom is -0.262 e. The molecular weight excluding hydrogens is 303 g/mol. The first-order valence-electron chi connectivity index (χ1n) is 5.13. The van der Waals surface area contributed by atoms with E-state index in [1.54, 1.807) is 17.8 Å². The van der Waals surface area contributed by atoms with Gasteiger partial charge in [-0.3, -0.25) is 4.68 Å². The molecule has 0 radical (unpaired) electrons. The second-order valence-electron chi connectivity index (χ2n) is 3.81. The second-order valence-corrected chi connectivity index (χ2v) is 5.73. The number of rotatable bonds is 3. The fourth-order valence-corrected chi connectivity index (χ4v) is 3.05. The van der Waals surface area contributed by atoms with Gasteiger partial charge in [-0.05, 0) is 36.8 Å². The van der Waals surface area contributed by atoms with Crippen molar-refractivity contribution in [2.24, 2.45) is 7.05 Å². The van der Waals surface area contributed by atoms with Gasteiger partial charge in [-0.2, -0.15) is 5.10 Å². The molecule has 17 heavy (non-hydrogen) atoms. The van der Waals surface area contributed by atoms with Crippen LogP contribution in [0.25, 0.3) is 0 Å². The monoisotopic (exact) mass is 314 g/mol. The maximum Gasteiger partial charge on any atom is 0.124 e. The third kappa shape index (κ3) is 3.33. The molecule has 2 nitrogen and oxygen atoms in total. The number of aromatic nitrogens is 2. The van der Waals surface area contributed by atoms with Gasteiger partial charge in [0.1, 0.15) is 5.82 Å². The average molecular weight is 315 g/mol. The predicted octanol–water partition coefficient (Wildman–Crippen LogP) is 3.92. The lowest BCUT2D eigenvalue weighted by Gasteiger charge is -2.03.